The van der Waals surface area contributed by atoms with E-state index in [1.807, 2.05) is 6.08 Å². The number of hydrogen-bond donors (Lipinski definition) is 3. The predicted molar refractivity (Wildman–Crippen MR) is 216 cm³/mol. The van der Waals surface area contributed by atoms with Crippen molar-refractivity contribution < 1.29 is 15.0 Å². The Bertz CT molecular complexity index is 827. The summed E-state index contributed by atoms with van der Waals surface area (Å²) < 4.78 is 0. The smallest absolute Gasteiger partial charge is 0.220 e. The van der Waals surface area contributed by atoms with Crippen LogP contribution in [0, 0.1) is 0 Å². The van der Waals surface area contributed by atoms with E-state index in [0.717, 1.165) is 51.4 Å². The van der Waals surface area contributed by atoms with Crippen LogP contribution in [0.4, 0.5) is 0 Å². The second kappa shape index (κ2) is 40.5. The first-order valence-corrected chi connectivity index (χ1v) is 21.0. The molecular formula is C45H81NO3. The molecule has 0 aliphatic rings. The van der Waals surface area contributed by atoms with Crippen molar-refractivity contribution in [2.45, 2.75) is 212 Å². The van der Waals surface area contributed by atoms with E-state index < -0.39 is 12.1 Å². The van der Waals surface area contributed by atoms with Crippen LogP contribution in [0.2, 0.25) is 0 Å². The van der Waals surface area contributed by atoms with Crippen LogP contribution in [0.15, 0.2) is 60.8 Å². The average Bonchev–Trinajstić information content (AvgIpc) is 3.10. The first-order valence-electron chi connectivity index (χ1n) is 21.0. The average molecular weight is 684 g/mol. The van der Waals surface area contributed by atoms with Gasteiger partial charge in [0.2, 0.25) is 5.91 Å². The van der Waals surface area contributed by atoms with Crippen LogP contribution in [0.5, 0.6) is 0 Å². The zero-order valence-corrected chi connectivity index (χ0v) is 32.4. The molecule has 0 saturated heterocycles. The summed E-state index contributed by atoms with van der Waals surface area (Å²) in [5, 5.41) is 22.9. The second-order valence-corrected chi connectivity index (χ2v) is 14.0. The summed E-state index contributed by atoms with van der Waals surface area (Å²) in [6.45, 7) is 4.26. The molecule has 0 aliphatic heterocycles. The molecule has 0 fully saturated rings. The van der Waals surface area contributed by atoms with Crippen molar-refractivity contribution in [2.75, 3.05) is 6.61 Å². The quantitative estimate of drug-likeness (QED) is 0.0451. The lowest BCUT2D eigenvalue weighted by Crippen LogP contribution is -2.45. The molecule has 4 nitrogen and oxygen atoms in total. The summed E-state index contributed by atoms with van der Waals surface area (Å²) in [7, 11) is 0. The van der Waals surface area contributed by atoms with Gasteiger partial charge in [-0.2, -0.15) is 0 Å². The molecule has 284 valence electrons. The molecule has 0 heterocycles. The third kappa shape index (κ3) is 37.2. The molecule has 0 rings (SSSR count). The fraction of sp³-hybridized carbons (Fsp3) is 0.756. The van der Waals surface area contributed by atoms with Crippen molar-refractivity contribution in [1.29, 1.82) is 0 Å². The van der Waals surface area contributed by atoms with Gasteiger partial charge in [0.15, 0.2) is 0 Å². The van der Waals surface area contributed by atoms with Gasteiger partial charge < -0.3 is 15.5 Å². The Hall–Kier alpha value is -1.91. The summed E-state index contributed by atoms with van der Waals surface area (Å²) in [5.41, 5.74) is 0. The first kappa shape index (κ1) is 47.1. The molecule has 0 aromatic carbocycles. The minimum Gasteiger partial charge on any atom is -0.394 e. The molecule has 49 heavy (non-hydrogen) atoms. The fourth-order valence-corrected chi connectivity index (χ4v) is 5.94. The minimum atomic E-state index is -0.875. The Morgan fingerprint density at radius 1 is 0.490 bits per heavy atom. The Morgan fingerprint density at radius 3 is 1.33 bits per heavy atom. The van der Waals surface area contributed by atoms with E-state index in [1.165, 1.54) is 128 Å². The number of amides is 1. The van der Waals surface area contributed by atoms with Crippen LogP contribution in [0.1, 0.15) is 200 Å². The lowest BCUT2D eigenvalue weighted by molar-refractivity contribution is -0.123. The van der Waals surface area contributed by atoms with Crippen LogP contribution in [-0.2, 0) is 4.79 Å². The van der Waals surface area contributed by atoms with Gasteiger partial charge in [0.1, 0.15) is 0 Å². The van der Waals surface area contributed by atoms with Gasteiger partial charge >= 0.3 is 0 Å². The van der Waals surface area contributed by atoms with E-state index in [0.29, 0.717) is 6.42 Å². The molecule has 0 aromatic heterocycles. The number of hydrogen-bond acceptors (Lipinski definition) is 3. The van der Waals surface area contributed by atoms with Crippen molar-refractivity contribution in [3.63, 3.8) is 0 Å². The van der Waals surface area contributed by atoms with Gasteiger partial charge in [0.05, 0.1) is 18.8 Å². The van der Waals surface area contributed by atoms with E-state index in [1.54, 1.807) is 6.08 Å². The van der Waals surface area contributed by atoms with E-state index in [4.69, 9.17) is 0 Å². The maximum Gasteiger partial charge on any atom is 0.220 e. The number of carbonyl (C=O) groups is 1. The number of allylic oxidation sites excluding steroid dienone is 9. The molecule has 0 spiro atoms. The van der Waals surface area contributed by atoms with Crippen molar-refractivity contribution in [3.8, 4) is 0 Å². The molecule has 0 aromatic rings. The van der Waals surface area contributed by atoms with E-state index in [-0.39, 0.29) is 12.5 Å². The Kier molecular flexibility index (Phi) is 38.9. The largest absolute Gasteiger partial charge is 0.394 e. The lowest BCUT2D eigenvalue weighted by Gasteiger charge is -2.19. The van der Waals surface area contributed by atoms with Crippen LogP contribution in [0.3, 0.4) is 0 Å². The zero-order chi connectivity index (χ0) is 35.7. The van der Waals surface area contributed by atoms with Gasteiger partial charge in [0.25, 0.3) is 0 Å². The summed E-state index contributed by atoms with van der Waals surface area (Å²) >= 11 is 0. The fourth-order valence-electron chi connectivity index (χ4n) is 5.94. The molecule has 4 heteroatoms. The second-order valence-electron chi connectivity index (χ2n) is 14.0. The predicted octanol–water partition coefficient (Wildman–Crippen LogP) is 13.0. The molecule has 0 bridgehead atoms. The summed E-state index contributed by atoms with van der Waals surface area (Å²) in [4.78, 5) is 12.4. The number of unbranched alkanes of at least 4 members (excludes halogenated alkanes) is 22. The van der Waals surface area contributed by atoms with Gasteiger partial charge in [-0.1, -0.05) is 177 Å². The highest BCUT2D eigenvalue weighted by Gasteiger charge is 2.17. The maximum absolute atomic E-state index is 12.4. The highest BCUT2D eigenvalue weighted by molar-refractivity contribution is 5.76. The molecule has 2 atom stereocenters. The van der Waals surface area contributed by atoms with Gasteiger partial charge in [-0.25, -0.2) is 0 Å². The number of aliphatic hydroxyl groups excluding tert-OH is 2. The van der Waals surface area contributed by atoms with Gasteiger partial charge in [-0.15, -0.1) is 0 Å². The van der Waals surface area contributed by atoms with E-state index in [2.05, 4.69) is 67.8 Å². The lowest BCUT2D eigenvalue weighted by atomic mass is 10.1. The number of aliphatic hydroxyl groups is 2. The maximum atomic E-state index is 12.4. The summed E-state index contributed by atoms with van der Waals surface area (Å²) in [6, 6.07) is -0.651. The molecule has 0 radical (unpaired) electrons. The van der Waals surface area contributed by atoms with Crippen molar-refractivity contribution in [3.05, 3.63) is 60.8 Å². The Labute approximate surface area is 305 Å². The first-order chi connectivity index (χ1) is 24.2. The monoisotopic (exact) mass is 684 g/mol. The molecule has 0 aliphatic carbocycles. The van der Waals surface area contributed by atoms with Crippen LogP contribution in [-0.4, -0.2) is 34.9 Å². The van der Waals surface area contributed by atoms with Gasteiger partial charge in [0, 0.05) is 6.42 Å². The molecule has 1 amide bonds. The number of rotatable bonds is 37. The van der Waals surface area contributed by atoms with Crippen LogP contribution in [0.25, 0.3) is 0 Å². The van der Waals surface area contributed by atoms with Crippen molar-refractivity contribution in [2.24, 2.45) is 0 Å². The minimum absolute atomic E-state index is 0.0882. The molecule has 0 saturated carbocycles. The number of nitrogens with one attached hydrogen (secondary N) is 1. The topological polar surface area (TPSA) is 69.6 Å². The molecule has 3 N–H and O–H groups in total. The highest BCUT2D eigenvalue weighted by atomic mass is 16.3. The zero-order valence-electron chi connectivity index (χ0n) is 32.4. The van der Waals surface area contributed by atoms with Crippen molar-refractivity contribution >= 4 is 5.91 Å². The van der Waals surface area contributed by atoms with Crippen LogP contribution < -0.4 is 5.32 Å². The summed E-state index contributed by atoms with van der Waals surface area (Å²) in [5.74, 6) is -0.0882. The third-order valence-electron chi connectivity index (χ3n) is 9.20. The Morgan fingerprint density at radius 2 is 0.857 bits per heavy atom. The normalized spacial score (nSPS) is 13.6. The molecule has 2 unspecified atom stereocenters. The SMILES string of the molecule is CCCCCC/C=C\C/C=C\CCCCCCCCCC(=O)NC(CO)C(O)/C=C/CC/C=C/CC/C=C/CCCCCCCCCCC. The van der Waals surface area contributed by atoms with Crippen molar-refractivity contribution in [1.82, 2.24) is 5.32 Å². The number of carbonyl (C=O) groups excluding carboxylic acids is 1. The van der Waals surface area contributed by atoms with E-state index >= 15 is 0 Å². The van der Waals surface area contributed by atoms with E-state index in [9.17, 15) is 15.0 Å². The third-order valence-corrected chi connectivity index (χ3v) is 9.20. The summed E-state index contributed by atoms with van der Waals surface area (Å²) in [6.07, 6.45) is 56.0. The van der Waals surface area contributed by atoms with Gasteiger partial charge in [-0.05, 0) is 77.0 Å². The van der Waals surface area contributed by atoms with Crippen LogP contribution >= 0.6 is 0 Å². The van der Waals surface area contributed by atoms with Gasteiger partial charge in [-0.3, -0.25) is 4.79 Å². The Balaban J connectivity index is 3.70. The molecular weight excluding hydrogens is 602 g/mol. The highest BCUT2D eigenvalue weighted by Crippen LogP contribution is 2.12. The standard InChI is InChI=1S/C45H81NO3/c1-3-5-7-9-11-13-15-17-19-21-23-24-26-28-30-32-34-36-38-40-44(48)43(42-47)46-45(49)41-39-37-35-33-31-29-27-25-22-20-18-16-14-12-10-8-6-4-2/h14,16,20,22-24,30,32,38,40,43-44,47-48H,3-13,15,17-19,21,25-29,31,33-37,39,41-42H2,1-2H3,(H,46,49)/b16-14-,22-20-,24-23+,32-30+,40-38+.